The third-order valence-electron chi connectivity index (χ3n) is 12.8. The van der Waals surface area contributed by atoms with Crippen LogP contribution in [0.15, 0.2) is 176 Å². The van der Waals surface area contributed by atoms with Crippen LogP contribution in [0.25, 0.3) is 50.0 Å². The van der Waals surface area contributed by atoms with Crippen LogP contribution in [0.4, 0.5) is 0 Å². The Hall–Kier alpha value is -8.30. The minimum atomic E-state index is 0.365. The highest BCUT2D eigenvalue weighted by Crippen LogP contribution is 2.41. The summed E-state index contributed by atoms with van der Waals surface area (Å²) in [5.41, 5.74) is 11.6. The first kappa shape index (κ1) is 46.4. The molecule has 10 aromatic rings. The number of ether oxygens (including phenoxy) is 4. The molecule has 71 heavy (non-hydrogen) atoms. The molecule has 0 N–H and O–H groups in total. The molecule has 0 atom stereocenters. The summed E-state index contributed by atoms with van der Waals surface area (Å²) in [6, 6.07) is 50.5. The van der Waals surface area contributed by atoms with E-state index in [1.165, 1.54) is 33.4 Å². The number of rotatable bonds is 15. The Morgan fingerprint density at radius 1 is 0.338 bits per heavy atom. The maximum atomic E-state index is 6.55. The van der Waals surface area contributed by atoms with E-state index in [0.29, 0.717) is 75.9 Å². The van der Waals surface area contributed by atoms with E-state index in [1.54, 1.807) is 12.4 Å². The molecule has 0 spiro atoms. The van der Waals surface area contributed by atoms with Crippen molar-refractivity contribution >= 4 is 21.8 Å². The van der Waals surface area contributed by atoms with Gasteiger partial charge in [0.05, 0.1) is 11.0 Å². The van der Waals surface area contributed by atoms with Gasteiger partial charge < -0.3 is 18.9 Å². The molecule has 0 fully saturated rings. The van der Waals surface area contributed by atoms with Crippen molar-refractivity contribution in [2.75, 3.05) is 0 Å². The standard InChI is InChI=1S/C62H57N5O4/c1-38(2)50-18-11-19-51(39(3)4)60(50)42-26-30-63-58(32-42)70-46-16-9-14-44(34-46)68-48-22-24-54-55-25-23-49(37-57(55)67(56(54)36-48)62-65-28-13-29-66-62)69-45-15-10-17-47(35-45)71-59-33-43(27-31-64-59)61-52(40(5)6)20-12-21-53(61)41(7)8/h9-41H,1-8H3. The smallest absolute Gasteiger partial charge is 0.234 e. The Kier molecular flexibility index (Phi) is 13.1. The number of hydrogen-bond donors (Lipinski definition) is 0. The van der Waals surface area contributed by atoms with Crippen molar-refractivity contribution in [1.82, 2.24) is 24.5 Å². The van der Waals surface area contributed by atoms with Gasteiger partial charge in [-0.25, -0.2) is 19.9 Å². The van der Waals surface area contributed by atoms with Crippen LogP contribution in [0.5, 0.6) is 46.3 Å². The summed E-state index contributed by atoms with van der Waals surface area (Å²) in [4.78, 5) is 18.6. The summed E-state index contributed by atoms with van der Waals surface area (Å²) in [5, 5.41) is 2.02. The van der Waals surface area contributed by atoms with Gasteiger partial charge in [0.25, 0.3) is 0 Å². The summed E-state index contributed by atoms with van der Waals surface area (Å²) in [6.07, 6.45) is 7.11. The summed E-state index contributed by atoms with van der Waals surface area (Å²) < 4.78 is 27.9. The molecule has 0 saturated carbocycles. The fourth-order valence-electron chi connectivity index (χ4n) is 9.45. The number of aromatic nitrogens is 5. The SMILES string of the molecule is CC(C)c1cccc(C(C)C)c1-c1ccnc(Oc2cccc(Oc3ccc4c5ccc(Oc6cccc(Oc7cc(-c8c(C(C)C)cccc8C(C)C)ccn7)c6)cc5n(-c5ncccn5)c4c3)c2)c1. The quantitative estimate of drug-likeness (QED) is 0.100. The zero-order valence-electron chi connectivity index (χ0n) is 41.4. The van der Waals surface area contributed by atoms with Gasteiger partial charge in [-0.2, -0.15) is 0 Å². The molecule has 4 heterocycles. The minimum Gasteiger partial charge on any atom is -0.457 e. The van der Waals surface area contributed by atoms with Crippen LogP contribution in [0.1, 0.15) is 101 Å². The van der Waals surface area contributed by atoms with E-state index in [-0.39, 0.29) is 0 Å². The third-order valence-corrected chi connectivity index (χ3v) is 12.8. The van der Waals surface area contributed by atoms with E-state index in [2.05, 4.69) is 136 Å². The second-order valence-corrected chi connectivity index (χ2v) is 19.1. The van der Waals surface area contributed by atoms with Crippen LogP contribution >= 0.6 is 0 Å². The Bertz CT molecular complexity index is 3260. The molecule has 0 aliphatic heterocycles. The number of benzene rings is 6. The molecule has 9 heteroatoms. The average molecular weight is 936 g/mol. The zero-order valence-corrected chi connectivity index (χ0v) is 41.4. The van der Waals surface area contributed by atoms with Crippen molar-refractivity contribution in [3.8, 4) is 74.5 Å². The summed E-state index contributed by atoms with van der Waals surface area (Å²) in [6.45, 7) is 17.9. The molecular formula is C62H57N5O4. The molecule has 0 bridgehead atoms. The number of nitrogens with zero attached hydrogens (tertiary/aromatic N) is 5. The highest BCUT2D eigenvalue weighted by molar-refractivity contribution is 6.09. The minimum absolute atomic E-state index is 0.365. The van der Waals surface area contributed by atoms with Crippen molar-refractivity contribution in [2.45, 2.75) is 79.1 Å². The average Bonchev–Trinajstić information content (AvgIpc) is 3.69. The molecule has 0 unspecified atom stereocenters. The fraction of sp³-hybridized carbons (Fsp3) is 0.194. The van der Waals surface area contributed by atoms with Crippen molar-refractivity contribution in [1.29, 1.82) is 0 Å². The molecule has 0 amide bonds. The van der Waals surface area contributed by atoms with Crippen molar-refractivity contribution in [3.05, 3.63) is 199 Å². The third kappa shape index (κ3) is 9.81. The Morgan fingerprint density at radius 3 is 1.10 bits per heavy atom. The van der Waals surface area contributed by atoms with E-state index < -0.39 is 0 Å². The summed E-state index contributed by atoms with van der Waals surface area (Å²) in [5.74, 6) is 6.73. The van der Waals surface area contributed by atoms with Gasteiger partial charge in [0, 0.05) is 72.0 Å². The van der Waals surface area contributed by atoms with Crippen LogP contribution in [-0.4, -0.2) is 24.5 Å². The Balaban J connectivity index is 0.913. The molecule has 0 radical (unpaired) electrons. The lowest BCUT2D eigenvalue weighted by atomic mass is 9.85. The highest BCUT2D eigenvalue weighted by atomic mass is 16.5. The maximum absolute atomic E-state index is 6.55. The van der Waals surface area contributed by atoms with E-state index in [1.807, 2.05) is 108 Å². The van der Waals surface area contributed by atoms with Gasteiger partial charge in [-0.05, 0) is 135 Å². The molecular weight excluding hydrogens is 879 g/mol. The lowest BCUT2D eigenvalue weighted by molar-refractivity contribution is 0.449. The van der Waals surface area contributed by atoms with E-state index >= 15 is 0 Å². The second kappa shape index (κ2) is 20.0. The first-order valence-electron chi connectivity index (χ1n) is 24.4. The van der Waals surface area contributed by atoms with Crippen LogP contribution in [0, 0.1) is 0 Å². The fourth-order valence-corrected chi connectivity index (χ4v) is 9.45. The predicted molar refractivity (Wildman–Crippen MR) is 285 cm³/mol. The van der Waals surface area contributed by atoms with E-state index in [4.69, 9.17) is 18.9 Å². The van der Waals surface area contributed by atoms with E-state index in [9.17, 15) is 0 Å². The van der Waals surface area contributed by atoms with Gasteiger partial charge in [0.2, 0.25) is 17.7 Å². The lowest BCUT2D eigenvalue weighted by Crippen LogP contribution is -2.00. The zero-order chi connectivity index (χ0) is 49.2. The number of pyridine rings is 2. The number of fused-ring (bicyclic) bond motifs is 3. The maximum Gasteiger partial charge on any atom is 0.234 e. The second-order valence-electron chi connectivity index (χ2n) is 19.1. The molecule has 10 rings (SSSR count). The van der Waals surface area contributed by atoms with Crippen LogP contribution in [-0.2, 0) is 0 Å². The molecule has 0 saturated heterocycles. The predicted octanol–water partition coefficient (Wildman–Crippen LogP) is 17.4. The van der Waals surface area contributed by atoms with Crippen LogP contribution < -0.4 is 18.9 Å². The first-order chi connectivity index (χ1) is 34.5. The normalized spacial score (nSPS) is 11.6. The molecule has 0 aliphatic carbocycles. The van der Waals surface area contributed by atoms with Gasteiger partial charge >= 0.3 is 0 Å². The molecule has 0 aliphatic rings. The van der Waals surface area contributed by atoms with Gasteiger partial charge in [0.1, 0.15) is 34.5 Å². The lowest BCUT2D eigenvalue weighted by Gasteiger charge is -2.20. The topological polar surface area (TPSA) is 93.4 Å². The van der Waals surface area contributed by atoms with Gasteiger partial charge in [-0.15, -0.1) is 0 Å². The largest absolute Gasteiger partial charge is 0.457 e. The molecule has 4 aromatic heterocycles. The molecule has 6 aromatic carbocycles. The Labute approximate surface area is 415 Å². The molecule has 354 valence electrons. The summed E-state index contributed by atoms with van der Waals surface area (Å²) in [7, 11) is 0. The first-order valence-corrected chi connectivity index (χ1v) is 24.4. The number of hydrogen-bond acceptors (Lipinski definition) is 8. The van der Waals surface area contributed by atoms with Crippen molar-refractivity contribution < 1.29 is 18.9 Å². The van der Waals surface area contributed by atoms with Crippen LogP contribution in [0.2, 0.25) is 0 Å². The Morgan fingerprint density at radius 2 is 0.704 bits per heavy atom. The highest BCUT2D eigenvalue weighted by Gasteiger charge is 2.20. The van der Waals surface area contributed by atoms with E-state index in [0.717, 1.165) is 32.9 Å². The van der Waals surface area contributed by atoms with Crippen molar-refractivity contribution in [2.24, 2.45) is 0 Å². The monoisotopic (exact) mass is 935 g/mol. The van der Waals surface area contributed by atoms with Crippen molar-refractivity contribution in [3.63, 3.8) is 0 Å². The van der Waals surface area contributed by atoms with Gasteiger partial charge in [-0.1, -0.05) is 104 Å². The van der Waals surface area contributed by atoms with Crippen LogP contribution in [0.3, 0.4) is 0 Å². The van der Waals surface area contributed by atoms with Gasteiger partial charge in [0.15, 0.2) is 0 Å². The summed E-state index contributed by atoms with van der Waals surface area (Å²) >= 11 is 0. The van der Waals surface area contributed by atoms with Gasteiger partial charge in [-0.3, -0.25) is 4.57 Å². The molecule has 9 nitrogen and oxygen atoms in total.